The van der Waals surface area contributed by atoms with Gasteiger partial charge in [-0.15, -0.1) is 0 Å². The van der Waals surface area contributed by atoms with E-state index in [0.29, 0.717) is 6.04 Å². The number of likely N-dealkylation sites (N-methyl/N-ethyl adjacent to an activating group) is 1. The van der Waals surface area contributed by atoms with Gasteiger partial charge in [0.25, 0.3) is 0 Å². The van der Waals surface area contributed by atoms with E-state index in [-0.39, 0.29) is 12.5 Å². The van der Waals surface area contributed by atoms with E-state index in [0.717, 1.165) is 38.7 Å². The lowest BCUT2D eigenvalue weighted by Crippen LogP contribution is -2.54. The van der Waals surface area contributed by atoms with E-state index in [1.807, 2.05) is 0 Å². The number of guanidine groups is 1. The molecule has 0 radical (unpaired) electrons. The molecule has 1 amide bonds. The second kappa shape index (κ2) is 9.92. The van der Waals surface area contributed by atoms with Gasteiger partial charge < -0.3 is 15.1 Å². The van der Waals surface area contributed by atoms with Crippen LogP contribution in [0.5, 0.6) is 0 Å². The van der Waals surface area contributed by atoms with Crippen molar-refractivity contribution < 1.29 is 4.79 Å². The maximum Gasteiger partial charge on any atom is 0.243 e. The van der Waals surface area contributed by atoms with Crippen LogP contribution in [0.3, 0.4) is 0 Å². The predicted octanol–water partition coefficient (Wildman–Crippen LogP) is 2.09. The Morgan fingerprint density at radius 2 is 1.89 bits per heavy atom. The largest absolute Gasteiger partial charge is 0.353 e. The first-order chi connectivity index (χ1) is 13.5. The molecule has 0 spiro atoms. The van der Waals surface area contributed by atoms with Crippen LogP contribution in [0.4, 0.5) is 0 Å². The summed E-state index contributed by atoms with van der Waals surface area (Å²) in [6.07, 6.45) is 4.97. The van der Waals surface area contributed by atoms with Crippen LogP contribution in [0.2, 0.25) is 0 Å². The maximum absolute atomic E-state index is 12.0. The number of hydrogen-bond donors (Lipinski definition) is 1. The first-order valence-corrected chi connectivity index (χ1v) is 10.6. The molecule has 3 rings (SSSR count). The number of hydrogen-bond acceptors (Lipinski definition) is 3. The predicted molar refractivity (Wildman–Crippen MR) is 114 cm³/mol. The molecule has 1 saturated carbocycles. The lowest BCUT2D eigenvalue weighted by molar-refractivity contribution is -0.127. The fourth-order valence-corrected chi connectivity index (χ4v) is 3.96. The normalized spacial score (nSPS) is 19.1. The first-order valence-electron chi connectivity index (χ1n) is 10.6. The van der Waals surface area contributed by atoms with Crippen molar-refractivity contribution in [2.24, 2.45) is 4.99 Å². The van der Waals surface area contributed by atoms with Gasteiger partial charge in [0.1, 0.15) is 6.54 Å². The van der Waals surface area contributed by atoms with E-state index in [4.69, 9.17) is 0 Å². The van der Waals surface area contributed by atoms with Gasteiger partial charge in [-0.1, -0.05) is 42.7 Å². The third-order valence-corrected chi connectivity index (χ3v) is 5.71. The second-order valence-corrected chi connectivity index (χ2v) is 8.31. The molecule has 1 aliphatic carbocycles. The summed E-state index contributed by atoms with van der Waals surface area (Å²) in [5.41, 5.74) is 2.69. The molecular weight excluding hydrogens is 350 g/mol. The highest BCUT2D eigenvalue weighted by Crippen LogP contribution is 2.18. The number of nitrogens with one attached hydrogen (secondary N) is 1. The number of piperazine rings is 1. The fourth-order valence-electron chi connectivity index (χ4n) is 3.96. The van der Waals surface area contributed by atoms with Crippen molar-refractivity contribution >= 4 is 11.9 Å². The molecule has 6 nitrogen and oxygen atoms in total. The monoisotopic (exact) mass is 385 g/mol. The summed E-state index contributed by atoms with van der Waals surface area (Å²) in [5, 5.41) is 3.64. The van der Waals surface area contributed by atoms with Gasteiger partial charge in [-0.3, -0.25) is 9.69 Å². The van der Waals surface area contributed by atoms with Gasteiger partial charge in [-0.25, -0.2) is 4.99 Å². The molecule has 1 aliphatic heterocycles. The summed E-state index contributed by atoms with van der Waals surface area (Å²) in [5.74, 6) is 0.959. The smallest absolute Gasteiger partial charge is 0.243 e. The van der Waals surface area contributed by atoms with Crippen LogP contribution < -0.4 is 5.32 Å². The van der Waals surface area contributed by atoms with Crippen molar-refractivity contribution in [2.45, 2.75) is 45.2 Å². The van der Waals surface area contributed by atoms with Gasteiger partial charge in [0.05, 0.1) is 0 Å². The molecule has 1 saturated heterocycles. The molecule has 1 aromatic rings. The zero-order valence-corrected chi connectivity index (χ0v) is 17.7. The molecule has 0 unspecified atom stereocenters. The van der Waals surface area contributed by atoms with Crippen LogP contribution in [0.15, 0.2) is 29.3 Å². The third-order valence-electron chi connectivity index (χ3n) is 5.71. The van der Waals surface area contributed by atoms with E-state index >= 15 is 0 Å². The Bertz CT molecular complexity index is 673. The van der Waals surface area contributed by atoms with Crippen molar-refractivity contribution in [3.8, 4) is 0 Å². The van der Waals surface area contributed by atoms with E-state index in [9.17, 15) is 4.79 Å². The molecule has 1 aromatic carbocycles. The van der Waals surface area contributed by atoms with Crippen molar-refractivity contribution in [3.05, 3.63) is 35.4 Å². The molecule has 6 heteroatoms. The maximum atomic E-state index is 12.0. The number of benzene rings is 1. The Kier molecular flexibility index (Phi) is 7.31. The molecule has 2 fully saturated rings. The van der Waals surface area contributed by atoms with Crippen LogP contribution in [0.1, 0.15) is 36.8 Å². The standard InChI is InChI=1S/C22H35N5O/c1-18-7-6-8-19(15-18)17-26-11-13-27(14-12-26)22(23-16-21(28)25(2)3)24-20-9-4-5-10-20/h6-8,15,20H,4-5,9-14,16-17H2,1-3H3,(H,23,24). The molecule has 1 N–H and O–H groups in total. The van der Waals surface area contributed by atoms with Crippen molar-refractivity contribution in [3.63, 3.8) is 0 Å². The van der Waals surface area contributed by atoms with Crippen molar-refractivity contribution in [1.82, 2.24) is 20.0 Å². The highest BCUT2D eigenvalue weighted by Gasteiger charge is 2.23. The van der Waals surface area contributed by atoms with Crippen LogP contribution in [0, 0.1) is 6.92 Å². The van der Waals surface area contributed by atoms with Crippen LogP contribution in [0.25, 0.3) is 0 Å². The minimum atomic E-state index is 0.0452. The Labute approximate surface area is 169 Å². The highest BCUT2D eigenvalue weighted by molar-refractivity contribution is 5.85. The summed E-state index contributed by atoms with van der Waals surface area (Å²) in [6.45, 7) is 7.28. The molecule has 28 heavy (non-hydrogen) atoms. The third kappa shape index (κ3) is 5.96. The summed E-state index contributed by atoms with van der Waals surface area (Å²) >= 11 is 0. The Morgan fingerprint density at radius 1 is 1.18 bits per heavy atom. The van der Waals surface area contributed by atoms with E-state index in [1.54, 1.807) is 19.0 Å². The van der Waals surface area contributed by atoms with Gasteiger partial charge in [0.15, 0.2) is 5.96 Å². The van der Waals surface area contributed by atoms with Crippen molar-refractivity contribution in [2.75, 3.05) is 46.8 Å². The Balaban J connectivity index is 1.58. The number of amides is 1. The molecule has 154 valence electrons. The van der Waals surface area contributed by atoms with E-state index in [1.165, 1.54) is 36.8 Å². The quantitative estimate of drug-likeness (QED) is 0.623. The van der Waals surface area contributed by atoms with Gasteiger partial charge in [0.2, 0.25) is 5.91 Å². The second-order valence-electron chi connectivity index (χ2n) is 8.31. The molecular formula is C22H35N5O. The summed E-state index contributed by atoms with van der Waals surface area (Å²) < 4.78 is 0. The topological polar surface area (TPSA) is 51.2 Å². The number of carbonyl (C=O) groups excluding carboxylic acids is 1. The number of carbonyl (C=O) groups is 1. The fraction of sp³-hybridized carbons (Fsp3) is 0.636. The SMILES string of the molecule is Cc1cccc(CN2CCN(C(=NCC(=O)N(C)C)NC3CCCC3)CC2)c1. The zero-order valence-electron chi connectivity index (χ0n) is 17.7. The van der Waals surface area contributed by atoms with Crippen LogP contribution in [-0.2, 0) is 11.3 Å². The summed E-state index contributed by atoms with van der Waals surface area (Å²) in [4.78, 5) is 23.1. The van der Waals surface area contributed by atoms with E-state index in [2.05, 4.69) is 51.3 Å². The average Bonchev–Trinajstić information content (AvgIpc) is 3.18. The lowest BCUT2D eigenvalue weighted by Gasteiger charge is -2.37. The Morgan fingerprint density at radius 3 is 2.54 bits per heavy atom. The molecule has 2 aliphatic rings. The van der Waals surface area contributed by atoms with Crippen LogP contribution in [-0.4, -0.2) is 79.4 Å². The lowest BCUT2D eigenvalue weighted by atomic mass is 10.1. The molecule has 0 bridgehead atoms. The molecule has 0 atom stereocenters. The summed E-state index contributed by atoms with van der Waals surface area (Å²) in [7, 11) is 3.57. The number of nitrogens with zero attached hydrogens (tertiary/aromatic N) is 4. The molecule has 0 aromatic heterocycles. The Hall–Kier alpha value is -2.08. The van der Waals surface area contributed by atoms with Gasteiger partial charge in [-0.2, -0.15) is 0 Å². The number of aliphatic imine (C=N–C) groups is 1. The number of aryl methyl sites for hydroxylation is 1. The van der Waals surface area contributed by atoms with Crippen molar-refractivity contribution in [1.29, 1.82) is 0 Å². The highest BCUT2D eigenvalue weighted by atomic mass is 16.2. The first kappa shape index (κ1) is 20.6. The van der Waals surface area contributed by atoms with Gasteiger partial charge in [-0.05, 0) is 25.3 Å². The van der Waals surface area contributed by atoms with E-state index < -0.39 is 0 Å². The number of rotatable bonds is 5. The summed E-state index contributed by atoms with van der Waals surface area (Å²) in [6, 6.07) is 9.26. The van der Waals surface area contributed by atoms with Crippen LogP contribution >= 0.6 is 0 Å². The minimum absolute atomic E-state index is 0.0452. The zero-order chi connectivity index (χ0) is 19.9. The molecule has 1 heterocycles. The minimum Gasteiger partial charge on any atom is -0.353 e. The van der Waals surface area contributed by atoms with Gasteiger partial charge >= 0.3 is 0 Å². The average molecular weight is 386 g/mol. The van der Waals surface area contributed by atoms with Gasteiger partial charge in [0, 0.05) is 52.9 Å².